The molecule has 0 rings (SSSR count). The number of hydrogen-bond donors (Lipinski definition) is 4. The zero-order chi connectivity index (χ0) is 48.8. The number of unbranched alkanes of at least 4 members (excludes halogenated alkanes) is 24. The SMILES string of the molecule is CC(=O)CCCCCCCCCCCCCCC(=O)NC(CCC(=O)O)C(=O)OC(C)(C)C.CC(=O)CCCCCCCCCCCCCCCCC(=O)NCCOCCOCC(=O)O. The molecule has 0 radical (unpaired) electrons. The summed E-state index contributed by atoms with van der Waals surface area (Å²) in [5.41, 5.74) is -0.695. The van der Waals surface area contributed by atoms with E-state index in [1.54, 1.807) is 34.6 Å². The zero-order valence-corrected chi connectivity index (χ0v) is 41.7. The van der Waals surface area contributed by atoms with Crippen LogP contribution >= 0.6 is 0 Å². The molecule has 4 N–H and O–H groups in total. The first kappa shape index (κ1) is 63.7. The summed E-state index contributed by atoms with van der Waals surface area (Å²) in [6, 6.07) is -0.929. The molecule has 0 aliphatic rings. The van der Waals surface area contributed by atoms with E-state index in [4.69, 9.17) is 24.4 Å². The smallest absolute Gasteiger partial charge is 0.329 e. The number of rotatable bonds is 45. The van der Waals surface area contributed by atoms with E-state index in [0.29, 0.717) is 38.4 Å². The fourth-order valence-electron chi connectivity index (χ4n) is 7.09. The van der Waals surface area contributed by atoms with Crippen molar-refractivity contribution >= 4 is 41.3 Å². The normalized spacial score (nSPS) is 11.6. The van der Waals surface area contributed by atoms with Gasteiger partial charge < -0.3 is 44.6 Å². The van der Waals surface area contributed by atoms with E-state index >= 15 is 0 Å². The fourth-order valence-corrected chi connectivity index (χ4v) is 7.09. The molecule has 2 amide bonds. The summed E-state index contributed by atoms with van der Waals surface area (Å²) in [5.74, 6) is -2.16. The van der Waals surface area contributed by atoms with Crippen molar-refractivity contribution in [1.29, 1.82) is 0 Å². The second-order valence-corrected chi connectivity index (χ2v) is 18.6. The number of amides is 2. The Morgan fingerprint density at radius 3 is 1.15 bits per heavy atom. The van der Waals surface area contributed by atoms with Crippen molar-refractivity contribution in [3.05, 3.63) is 0 Å². The zero-order valence-electron chi connectivity index (χ0n) is 41.7. The molecule has 0 fully saturated rings. The van der Waals surface area contributed by atoms with Crippen LogP contribution in [0.1, 0.15) is 240 Å². The van der Waals surface area contributed by atoms with Crippen LogP contribution < -0.4 is 10.6 Å². The summed E-state index contributed by atoms with van der Waals surface area (Å²) in [6.45, 7) is 9.66. The number of ketones is 2. The number of carboxylic acids is 2. The molecule has 0 spiro atoms. The maximum Gasteiger partial charge on any atom is 0.329 e. The fraction of sp³-hybridized carbons (Fsp3) is 0.863. The van der Waals surface area contributed by atoms with Gasteiger partial charge in [0.15, 0.2) is 0 Å². The van der Waals surface area contributed by atoms with Gasteiger partial charge in [0.2, 0.25) is 11.8 Å². The highest BCUT2D eigenvalue weighted by atomic mass is 16.6. The molecule has 0 aliphatic carbocycles. The quantitative estimate of drug-likeness (QED) is 0.0332. The number of Topliss-reactive ketones (excluding diaryl/α,β-unsaturated/α-hetero) is 2. The molecule has 0 bridgehead atoms. The number of carboxylic acid groups (broad SMARTS) is 2. The third-order valence-corrected chi connectivity index (χ3v) is 10.7. The van der Waals surface area contributed by atoms with Crippen LogP contribution in [0.5, 0.6) is 0 Å². The summed E-state index contributed by atoms with van der Waals surface area (Å²) in [7, 11) is 0. The van der Waals surface area contributed by atoms with E-state index in [0.717, 1.165) is 64.2 Å². The van der Waals surface area contributed by atoms with Crippen LogP contribution in [0.3, 0.4) is 0 Å². The monoisotopic (exact) mass is 927 g/mol. The molecular formula is C51H94N2O12. The molecule has 0 aliphatic heterocycles. The van der Waals surface area contributed by atoms with Crippen LogP contribution in [0, 0.1) is 0 Å². The predicted molar refractivity (Wildman–Crippen MR) is 257 cm³/mol. The molecular weight excluding hydrogens is 833 g/mol. The van der Waals surface area contributed by atoms with Gasteiger partial charge in [-0.25, -0.2) is 9.59 Å². The van der Waals surface area contributed by atoms with Gasteiger partial charge in [-0.1, -0.05) is 141 Å². The van der Waals surface area contributed by atoms with Crippen molar-refractivity contribution in [2.45, 2.75) is 252 Å². The van der Waals surface area contributed by atoms with Crippen LogP contribution in [0.15, 0.2) is 0 Å². The van der Waals surface area contributed by atoms with Gasteiger partial charge in [0, 0.05) is 38.6 Å². The number of ether oxygens (including phenoxy) is 3. The molecule has 1 atom stereocenters. The van der Waals surface area contributed by atoms with Crippen molar-refractivity contribution in [3.8, 4) is 0 Å². The molecule has 1 unspecified atom stereocenters. The van der Waals surface area contributed by atoms with Gasteiger partial charge in [0.25, 0.3) is 0 Å². The predicted octanol–water partition coefficient (Wildman–Crippen LogP) is 10.8. The number of esters is 1. The molecule has 0 heterocycles. The number of hydrogen-bond acceptors (Lipinski definition) is 10. The first-order valence-corrected chi connectivity index (χ1v) is 25.4. The minimum absolute atomic E-state index is 0.0222. The lowest BCUT2D eigenvalue weighted by Crippen LogP contribution is -2.44. The Morgan fingerprint density at radius 1 is 0.446 bits per heavy atom. The molecule has 0 saturated heterocycles. The Labute approximate surface area is 393 Å². The standard InChI is InChI=1S/C26H47NO6.C25H47NO6/c1-21(28)17-15-13-11-9-7-5-6-8-10-12-14-16-18-23(29)27-22(19-20-24(30)31)25(32)33-26(2,3)4;1-23(27)16-14-12-10-8-6-4-2-3-5-7-9-11-13-15-17-24(28)26-18-19-31-20-21-32-22-25(29)30/h22H,5-20H2,1-4H3,(H,27,29)(H,30,31);2-22H2,1H3,(H,26,28)(H,29,30). The molecule has 14 nitrogen and oxygen atoms in total. The molecule has 0 aromatic heterocycles. The topological polar surface area (TPSA) is 212 Å². The maximum atomic E-state index is 12.3. The second-order valence-electron chi connectivity index (χ2n) is 18.6. The van der Waals surface area contributed by atoms with E-state index < -0.39 is 29.6 Å². The minimum Gasteiger partial charge on any atom is -0.481 e. The largest absolute Gasteiger partial charge is 0.481 e. The third kappa shape index (κ3) is 54.9. The second kappa shape index (κ2) is 45.8. The van der Waals surface area contributed by atoms with Crippen LogP contribution in [0.4, 0.5) is 0 Å². The van der Waals surface area contributed by atoms with E-state index in [1.165, 1.54) is 116 Å². The molecule has 0 saturated carbocycles. The van der Waals surface area contributed by atoms with E-state index in [-0.39, 0.29) is 43.7 Å². The highest BCUT2D eigenvalue weighted by Crippen LogP contribution is 2.16. The Bertz CT molecular complexity index is 1240. The van der Waals surface area contributed by atoms with Gasteiger partial charge in [-0.2, -0.15) is 0 Å². The number of carbonyl (C=O) groups is 7. The summed E-state index contributed by atoms with van der Waals surface area (Å²) in [5, 5.41) is 22.8. The first-order chi connectivity index (χ1) is 31.0. The molecule has 14 heteroatoms. The highest BCUT2D eigenvalue weighted by Gasteiger charge is 2.27. The number of carbonyl (C=O) groups excluding carboxylic acids is 5. The van der Waals surface area contributed by atoms with E-state index in [2.05, 4.69) is 10.6 Å². The maximum absolute atomic E-state index is 12.3. The number of aliphatic carboxylic acids is 2. The number of nitrogens with one attached hydrogen (secondary N) is 2. The molecule has 0 aromatic carbocycles. The van der Waals surface area contributed by atoms with Crippen molar-refractivity contribution < 1.29 is 58.0 Å². The Hall–Kier alpha value is -3.39. The third-order valence-electron chi connectivity index (χ3n) is 10.7. The lowest BCUT2D eigenvalue weighted by Gasteiger charge is -2.24. The van der Waals surface area contributed by atoms with Gasteiger partial charge >= 0.3 is 17.9 Å². The van der Waals surface area contributed by atoms with Gasteiger partial charge in [0.1, 0.15) is 29.8 Å². The van der Waals surface area contributed by atoms with E-state index in [9.17, 15) is 33.6 Å². The van der Waals surface area contributed by atoms with Crippen molar-refractivity contribution in [3.63, 3.8) is 0 Å². The van der Waals surface area contributed by atoms with Gasteiger partial charge in [-0.15, -0.1) is 0 Å². The van der Waals surface area contributed by atoms with Crippen molar-refractivity contribution in [2.75, 3.05) is 33.0 Å². The summed E-state index contributed by atoms with van der Waals surface area (Å²) in [6.07, 6.45) is 33.1. The van der Waals surface area contributed by atoms with Crippen molar-refractivity contribution in [1.82, 2.24) is 10.6 Å². The van der Waals surface area contributed by atoms with E-state index in [1.807, 2.05) is 0 Å². The molecule has 65 heavy (non-hydrogen) atoms. The average molecular weight is 927 g/mol. The Kier molecular flexibility index (Phi) is 44.8. The summed E-state index contributed by atoms with van der Waals surface area (Å²) in [4.78, 5) is 79.1. The summed E-state index contributed by atoms with van der Waals surface area (Å²) >= 11 is 0. The highest BCUT2D eigenvalue weighted by molar-refractivity contribution is 5.85. The van der Waals surface area contributed by atoms with Crippen LogP contribution in [0.2, 0.25) is 0 Å². The van der Waals surface area contributed by atoms with Gasteiger partial charge in [-0.05, 0) is 66.7 Å². The first-order valence-electron chi connectivity index (χ1n) is 25.4. The van der Waals surface area contributed by atoms with Crippen LogP contribution in [-0.2, 0) is 47.8 Å². The molecule has 0 aromatic rings. The van der Waals surface area contributed by atoms with Crippen LogP contribution in [-0.4, -0.2) is 96.1 Å². The lowest BCUT2D eigenvalue weighted by atomic mass is 10.0. The Morgan fingerprint density at radius 2 is 0.800 bits per heavy atom. The summed E-state index contributed by atoms with van der Waals surface area (Å²) < 4.78 is 15.4. The van der Waals surface area contributed by atoms with Gasteiger partial charge in [0.05, 0.1) is 19.8 Å². The van der Waals surface area contributed by atoms with Gasteiger partial charge in [-0.3, -0.25) is 14.4 Å². The van der Waals surface area contributed by atoms with Crippen LogP contribution in [0.25, 0.3) is 0 Å². The van der Waals surface area contributed by atoms with Crippen molar-refractivity contribution in [2.24, 2.45) is 0 Å². The minimum atomic E-state index is -1.01. The average Bonchev–Trinajstić information content (AvgIpc) is 3.22. The molecule has 380 valence electrons. The lowest BCUT2D eigenvalue weighted by molar-refractivity contribution is -0.159. The Balaban J connectivity index is 0.